The lowest BCUT2D eigenvalue weighted by Crippen LogP contribution is -2.37. The molecule has 0 aromatic rings. The van der Waals surface area contributed by atoms with Crippen LogP contribution in [0.4, 0.5) is 0 Å². The molecule has 0 rings (SSSR count). The van der Waals surface area contributed by atoms with Crippen molar-refractivity contribution in [2.24, 2.45) is 0 Å². The number of allylic oxidation sites excluding steroid dienone is 2. The first-order valence-electron chi connectivity index (χ1n) is 22.0. The van der Waals surface area contributed by atoms with Crippen molar-refractivity contribution in [1.82, 2.24) is 0 Å². The highest BCUT2D eigenvalue weighted by Crippen LogP contribution is 2.43. The van der Waals surface area contributed by atoms with E-state index < -0.39 is 26.5 Å². The van der Waals surface area contributed by atoms with Crippen LogP contribution < -0.4 is 0 Å². The molecule has 0 spiro atoms. The van der Waals surface area contributed by atoms with Crippen molar-refractivity contribution in [3.63, 3.8) is 0 Å². The summed E-state index contributed by atoms with van der Waals surface area (Å²) in [5.41, 5.74) is 0. The van der Waals surface area contributed by atoms with E-state index in [9.17, 15) is 19.0 Å². The molecule has 0 aromatic carbocycles. The van der Waals surface area contributed by atoms with Crippen LogP contribution in [0.5, 0.6) is 0 Å². The summed E-state index contributed by atoms with van der Waals surface area (Å²) in [6.07, 6.45) is 37.2. The predicted octanol–water partition coefficient (Wildman–Crippen LogP) is 12.4. The number of nitrogens with zero attached hydrogens (tertiary/aromatic N) is 1. The number of carbonyl (C=O) groups excluding carboxylic acids is 2. The maximum Gasteiger partial charge on any atom is 0.472 e. The standard InChI is InChI=1S/C44H84NO8P/c1-6-8-10-12-14-16-18-20-22-24-26-28-30-32-34-36-43(46)50-40-42(41-52-54(48,49)51-39-38-45(3,4)5)53-44(47)37-35-33-31-29-27-25-23-21-19-17-15-13-11-9-7-2/h6-7,42H,1-2,8-41H2,3-5H3/p+1/t42-/m1/s1. The van der Waals surface area contributed by atoms with Crippen molar-refractivity contribution in [2.75, 3.05) is 47.5 Å². The van der Waals surface area contributed by atoms with E-state index in [1.54, 1.807) is 0 Å². The average Bonchev–Trinajstić information content (AvgIpc) is 3.12. The van der Waals surface area contributed by atoms with Crippen molar-refractivity contribution < 1.29 is 42.1 Å². The van der Waals surface area contributed by atoms with E-state index in [2.05, 4.69) is 13.2 Å². The van der Waals surface area contributed by atoms with Gasteiger partial charge in [-0.2, -0.15) is 0 Å². The maximum absolute atomic E-state index is 12.7. The number of rotatable bonds is 42. The van der Waals surface area contributed by atoms with Crippen LogP contribution in [0.2, 0.25) is 0 Å². The maximum atomic E-state index is 12.7. The van der Waals surface area contributed by atoms with Gasteiger partial charge in [0.15, 0.2) is 6.10 Å². The van der Waals surface area contributed by atoms with Crippen molar-refractivity contribution in [3.05, 3.63) is 25.3 Å². The zero-order valence-electron chi connectivity index (χ0n) is 35.4. The Morgan fingerprint density at radius 3 is 1.28 bits per heavy atom. The van der Waals surface area contributed by atoms with Crippen LogP contribution >= 0.6 is 7.82 Å². The lowest BCUT2D eigenvalue weighted by atomic mass is 10.0. The number of ether oxygens (including phenoxy) is 2. The molecule has 9 nitrogen and oxygen atoms in total. The third-order valence-electron chi connectivity index (χ3n) is 9.75. The number of hydrogen-bond acceptors (Lipinski definition) is 7. The summed E-state index contributed by atoms with van der Waals surface area (Å²) in [5.74, 6) is -0.798. The molecule has 0 heterocycles. The second-order valence-corrected chi connectivity index (χ2v) is 17.7. The number of esters is 2. The number of hydrogen-bond donors (Lipinski definition) is 1. The Morgan fingerprint density at radius 2 is 0.907 bits per heavy atom. The molecule has 0 aliphatic carbocycles. The van der Waals surface area contributed by atoms with Crippen LogP contribution in [0.15, 0.2) is 25.3 Å². The number of phosphoric acid groups is 1. The molecule has 1 unspecified atom stereocenters. The highest BCUT2D eigenvalue weighted by atomic mass is 31.2. The van der Waals surface area contributed by atoms with Crippen molar-refractivity contribution in [2.45, 2.75) is 199 Å². The molecule has 318 valence electrons. The Balaban J connectivity index is 4.30. The van der Waals surface area contributed by atoms with Gasteiger partial charge in [0.1, 0.15) is 19.8 Å². The molecule has 0 aliphatic rings. The topological polar surface area (TPSA) is 108 Å². The second-order valence-electron chi connectivity index (χ2n) is 16.3. The SMILES string of the molecule is C=CCCCCCCCCCCCCCCCC(=O)OC[C@H](COP(=O)(O)OCC[N+](C)(C)C)OC(=O)CCCCCCCCCCCCCCCC=C. The molecule has 0 fully saturated rings. The van der Waals surface area contributed by atoms with Gasteiger partial charge in [0.25, 0.3) is 0 Å². The summed E-state index contributed by atoms with van der Waals surface area (Å²) in [7, 11) is 1.48. The summed E-state index contributed by atoms with van der Waals surface area (Å²) in [5, 5.41) is 0. The smallest absolute Gasteiger partial charge is 0.462 e. The molecule has 0 aromatic heterocycles. The van der Waals surface area contributed by atoms with Crippen LogP contribution in [-0.2, 0) is 32.7 Å². The fourth-order valence-electron chi connectivity index (χ4n) is 6.27. The fraction of sp³-hybridized carbons (Fsp3) is 0.864. The van der Waals surface area contributed by atoms with Gasteiger partial charge in [0, 0.05) is 12.8 Å². The molecule has 0 saturated carbocycles. The summed E-state index contributed by atoms with van der Waals surface area (Å²) >= 11 is 0. The van der Waals surface area contributed by atoms with E-state index in [0.29, 0.717) is 17.4 Å². The normalized spacial score (nSPS) is 13.3. The Labute approximate surface area is 332 Å². The highest BCUT2D eigenvalue weighted by molar-refractivity contribution is 7.47. The zero-order valence-corrected chi connectivity index (χ0v) is 36.3. The van der Waals surface area contributed by atoms with Crippen LogP contribution in [-0.4, -0.2) is 74.9 Å². The van der Waals surface area contributed by atoms with E-state index in [0.717, 1.165) is 44.9 Å². The Bertz CT molecular complexity index is 953. The lowest BCUT2D eigenvalue weighted by Gasteiger charge is -2.24. The lowest BCUT2D eigenvalue weighted by molar-refractivity contribution is -0.870. The fourth-order valence-corrected chi connectivity index (χ4v) is 7.01. The number of quaternary nitrogens is 1. The van der Waals surface area contributed by atoms with Crippen LogP contribution in [0.25, 0.3) is 0 Å². The highest BCUT2D eigenvalue weighted by Gasteiger charge is 2.27. The van der Waals surface area contributed by atoms with Crippen molar-refractivity contribution in [3.8, 4) is 0 Å². The number of phosphoric ester groups is 1. The largest absolute Gasteiger partial charge is 0.472 e. The first-order valence-corrected chi connectivity index (χ1v) is 23.5. The molecular formula is C44H85NO8P+. The van der Waals surface area contributed by atoms with Gasteiger partial charge in [0.05, 0.1) is 27.7 Å². The molecule has 0 bridgehead atoms. The number of unbranched alkanes of at least 4 members (excludes halogenated alkanes) is 26. The zero-order chi connectivity index (χ0) is 40.0. The van der Waals surface area contributed by atoms with Gasteiger partial charge in [-0.1, -0.05) is 153 Å². The molecule has 1 N–H and O–H groups in total. The van der Waals surface area contributed by atoms with Gasteiger partial charge in [-0.15, -0.1) is 13.2 Å². The summed E-state index contributed by atoms with van der Waals surface area (Å²) in [6.45, 7) is 7.47. The van der Waals surface area contributed by atoms with Gasteiger partial charge in [0.2, 0.25) is 0 Å². The van der Waals surface area contributed by atoms with Gasteiger partial charge < -0.3 is 18.9 Å². The van der Waals surface area contributed by atoms with Gasteiger partial charge in [-0.25, -0.2) is 4.57 Å². The monoisotopic (exact) mass is 787 g/mol. The van der Waals surface area contributed by atoms with Crippen molar-refractivity contribution in [1.29, 1.82) is 0 Å². The van der Waals surface area contributed by atoms with E-state index in [1.165, 1.54) is 128 Å². The molecule has 0 aliphatic heterocycles. The minimum Gasteiger partial charge on any atom is -0.462 e. The molecule has 2 atom stereocenters. The molecule has 54 heavy (non-hydrogen) atoms. The quantitative estimate of drug-likeness (QED) is 0.0214. The van der Waals surface area contributed by atoms with Crippen LogP contribution in [0, 0.1) is 0 Å². The Hall–Kier alpha value is -1.51. The van der Waals surface area contributed by atoms with Crippen LogP contribution in [0.1, 0.15) is 193 Å². The first-order chi connectivity index (χ1) is 26.0. The summed E-state index contributed by atoms with van der Waals surface area (Å²) in [6, 6.07) is 0. The first kappa shape index (κ1) is 52.5. The van der Waals surface area contributed by atoms with E-state index in [4.69, 9.17) is 18.5 Å². The van der Waals surface area contributed by atoms with Gasteiger partial charge in [-0.05, 0) is 38.5 Å². The minimum atomic E-state index is -4.37. The molecule has 10 heteroatoms. The third kappa shape index (κ3) is 40.2. The molecule has 0 saturated heterocycles. The van der Waals surface area contributed by atoms with Gasteiger partial charge in [-0.3, -0.25) is 18.6 Å². The number of likely N-dealkylation sites (N-methyl/N-ethyl adjacent to an activating group) is 1. The molecular weight excluding hydrogens is 701 g/mol. The minimum absolute atomic E-state index is 0.0321. The van der Waals surface area contributed by atoms with E-state index in [-0.39, 0.29) is 32.0 Å². The van der Waals surface area contributed by atoms with Crippen LogP contribution in [0.3, 0.4) is 0 Å². The van der Waals surface area contributed by atoms with E-state index in [1.807, 2.05) is 33.3 Å². The van der Waals surface area contributed by atoms with Gasteiger partial charge >= 0.3 is 19.8 Å². The summed E-state index contributed by atoms with van der Waals surface area (Å²) < 4.78 is 34.3. The Morgan fingerprint density at radius 1 is 0.556 bits per heavy atom. The van der Waals surface area contributed by atoms with E-state index >= 15 is 0 Å². The molecule has 0 amide bonds. The van der Waals surface area contributed by atoms with Crippen molar-refractivity contribution >= 4 is 19.8 Å². The third-order valence-corrected chi connectivity index (χ3v) is 10.7. The molecule has 0 radical (unpaired) electrons. The average molecular weight is 787 g/mol. The predicted molar refractivity (Wildman–Crippen MR) is 224 cm³/mol. The number of carbonyl (C=O) groups is 2. The Kier molecular flexibility index (Phi) is 36.1. The summed E-state index contributed by atoms with van der Waals surface area (Å²) in [4.78, 5) is 35.3. The second kappa shape index (κ2) is 37.1.